The molecule has 0 spiro atoms. The Balaban J connectivity index is 2.80. The topological polar surface area (TPSA) is 78.7 Å². The van der Waals surface area contributed by atoms with Gasteiger partial charge in [-0.25, -0.2) is 0 Å². The van der Waals surface area contributed by atoms with Crippen LogP contribution < -0.4 is 4.74 Å². The van der Waals surface area contributed by atoms with Crippen molar-refractivity contribution in [1.82, 2.24) is 0 Å². The third-order valence-corrected chi connectivity index (χ3v) is 2.39. The number of esters is 1. The lowest BCUT2D eigenvalue weighted by Crippen LogP contribution is -2.18. The molecule has 6 heteroatoms. The Morgan fingerprint density at radius 2 is 2.17 bits per heavy atom. The molecule has 1 unspecified atom stereocenters. The highest BCUT2D eigenvalue weighted by atomic mass is 16.6. The van der Waals surface area contributed by atoms with Crippen molar-refractivity contribution in [1.29, 1.82) is 0 Å². The number of nitro groups is 1. The molecule has 0 aliphatic carbocycles. The van der Waals surface area contributed by atoms with Gasteiger partial charge in [0.25, 0.3) is 5.69 Å². The number of benzene rings is 1. The van der Waals surface area contributed by atoms with Crippen molar-refractivity contribution in [3.8, 4) is 5.75 Å². The van der Waals surface area contributed by atoms with E-state index in [2.05, 4.69) is 4.74 Å². The number of hydrogen-bond acceptors (Lipinski definition) is 5. The van der Waals surface area contributed by atoms with Crippen LogP contribution in [0.2, 0.25) is 0 Å². The summed E-state index contributed by atoms with van der Waals surface area (Å²) in [7, 11) is 1.30. The highest BCUT2D eigenvalue weighted by Gasteiger charge is 2.14. The number of nitrogens with zero attached hydrogens (tertiary/aromatic N) is 1. The summed E-state index contributed by atoms with van der Waals surface area (Å²) in [6, 6.07) is 4.37. The zero-order chi connectivity index (χ0) is 13.7. The minimum absolute atomic E-state index is 0.0409. The first-order chi connectivity index (χ1) is 8.43. The third-order valence-electron chi connectivity index (χ3n) is 2.39. The summed E-state index contributed by atoms with van der Waals surface area (Å²) in [6.07, 6.45) is -0.309. The van der Waals surface area contributed by atoms with E-state index in [-0.39, 0.29) is 18.1 Å². The van der Waals surface area contributed by atoms with Crippen LogP contribution in [-0.2, 0) is 9.53 Å². The second kappa shape index (κ2) is 6.00. The Kier molecular flexibility index (Phi) is 4.65. The van der Waals surface area contributed by atoms with Crippen molar-refractivity contribution in [2.45, 2.75) is 26.4 Å². The normalized spacial score (nSPS) is 11.7. The molecule has 98 valence electrons. The lowest BCUT2D eigenvalue weighted by atomic mass is 10.2. The monoisotopic (exact) mass is 253 g/mol. The van der Waals surface area contributed by atoms with Gasteiger partial charge in [0.15, 0.2) is 0 Å². The summed E-state index contributed by atoms with van der Waals surface area (Å²) in [5.41, 5.74) is 0.734. The first-order valence-electron chi connectivity index (χ1n) is 5.42. The molecule has 0 bridgehead atoms. The fraction of sp³-hybridized carbons (Fsp3) is 0.417. The first-order valence-corrected chi connectivity index (χ1v) is 5.42. The smallest absolute Gasteiger partial charge is 0.309 e. The van der Waals surface area contributed by atoms with E-state index in [4.69, 9.17) is 4.74 Å². The van der Waals surface area contributed by atoms with Crippen LogP contribution in [0.15, 0.2) is 18.2 Å². The van der Waals surface area contributed by atoms with Gasteiger partial charge >= 0.3 is 5.97 Å². The summed E-state index contributed by atoms with van der Waals surface area (Å²) in [4.78, 5) is 21.2. The summed E-state index contributed by atoms with van der Waals surface area (Å²) in [5.74, 6) is 0.0196. The van der Waals surface area contributed by atoms with E-state index in [1.54, 1.807) is 19.9 Å². The van der Waals surface area contributed by atoms with E-state index in [0.29, 0.717) is 5.75 Å². The Bertz CT molecular complexity index is 458. The van der Waals surface area contributed by atoms with Crippen LogP contribution in [-0.4, -0.2) is 24.1 Å². The number of nitro benzene ring substituents is 1. The van der Waals surface area contributed by atoms with E-state index >= 15 is 0 Å². The molecule has 1 rings (SSSR count). The van der Waals surface area contributed by atoms with Crippen molar-refractivity contribution in [2.24, 2.45) is 0 Å². The zero-order valence-corrected chi connectivity index (χ0v) is 10.5. The van der Waals surface area contributed by atoms with Crippen LogP contribution in [0.5, 0.6) is 5.75 Å². The van der Waals surface area contributed by atoms with Gasteiger partial charge in [0.2, 0.25) is 0 Å². The van der Waals surface area contributed by atoms with Gasteiger partial charge in [-0.1, -0.05) is 0 Å². The maximum Gasteiger partial charge on any atom is 0.309 e. The Morgan fingerprint density at radius 3 is 2.72 bits per heavy atom. The second-order valence-corrected chi connectivity index (χ2v) is 3.92. The average molecular weight is 253 g/mol. The summed E-state index contributed by atoms with van der Waals surface area (Å²) < 4.78 is 10.0. The van der Waals surface area contributed by atoms with E-state index < -0.39 is 11.0 Å². The molecule has 1 aromatic rings. The SMILES string of the molecule is COC(=O)CC(C)Oc1cc([N+](=O)[O-])ccc1C. The van der Waals surface area contributed by atoms with Crippen LogP contribution in [0, 0.1) is 17.0 Å². The van der Waals surface area contributed by atoms with Crippen LogP contribution in [0.25, 0.3) is 0 Å². The lowest BCUT2D eigenvalue weighted by molar-refractivity contribution is -0.385. The molecule has 0 fully saturated rings. The average Bonchev–Trinajstić information content (AvgIpc) is 2.31. The third kappa shape index (κ3) is 3.73. The van der Waals surface area contributed by atoms with Gasteiger partial charge < -0.3 is 9.47 Å². The number of carbonyl (C=O) groups is 1. The van der Waals surface area contributed by atoms with E-state index in [0.717, 1.165) is 5.56 Å². The first kappa shape index (κ1) is 14.0. The number of non-ortho nitro benzene ring substituents is 1. The molecular weight excluding hydrogens is 238 g/mol. The molecule has 0 N–H and O–H groups in total. The summed E-state index contributed by atoms with van der Waals surface area (Å²) >= 11 is 0. The van der Waals surface area contributed by atoms with Gasteiger partial charge in [-0.3, -0.25) is 14.9 Å². The summed E-state index contributed by atoms with van der Waals surface area (Å²) in [6.45, 7) is 3.49. The molecule has 1 atom stereocenters. The lowest BCUT2D eigenvalue weighted by Gasteiger charge is -2.15. The Labute approximate surface area is 105 Å². The van der Waals surface area contributed by atoms with Crippen LogP contribution >= 0.6 is 0 Å². The highest BCUT2D eigenvalue weighted by molar-refractivity contribution is 5.69. The molecule has 0 radical (unpaired) electrons. The number of carbonyl (C=O) groups excluding carboxylic acids is 1. The molecule has 0 saturated heterocycles. The summed E-state index contributed by atoms with van der Waals surface area (Å²) in [5, 5.41) is 10.7. The predicted molar refractivity (Wildman–Crippen MR) is 64.6 cm³/mol. The molecule has 0 aliphatic heterocycles. The maximum atomic E-state index is 11.1. The fourth-order valence-corrected chi connectivity index (χ4v) is 1.41. The maximum absolute atomic E-state index is 11.1. The van der Waals surface area contributed by atoms with Crippen molar-refractivity contribution >= 4 is 11.7 Å². The predicted octanol–water partition coefficient (Wildman–Crippen LogP) is 2.23. The number of methoxy groups -OCH3 is 1. The van der Waals surface area contributed by atoms with Crippen molar-refractivity contribution in [3.05, 3.63) is 33.9 Å². The molecule has 0 aliphatic rings. The molecule has 0 aromatic heterocycles. The van der Waals surface area contributed by atoms with Crippen molar-refractivity contribution < 1.29 is 19.2 Å². The van der Waals surface area contributed by atoms with Gasteiger partial charge in [0.05, 0.1) is 24.5 Å². The van der Waals surface area contributed by atoms with Gasteiger partial charge in [0.1, 0.15) is 11.9 Å². The Hall–Kier alpha value is -2.11. The Morgan fingerprint density at radius 1 is 1.50 bits per heavy atom. The largest absolute Gasteiger partial charge is 0.490 e. The molecule has 1 aromatic carbocycles. The molecule has 0 saturated carbocycles. The van der Waals surface area contributed by atoms with Gasteiger partial charge in [-0.05, 0) is 25.5 Å². The molecule has 0 amide bonds. The number of aryl methyl sites for hydroxylation is 1. The highest BCUT2D eigenvalue weighted by Crippen LogP contribution is 2.25. The van der Waals surface area contributed by atoms with Gasteiger partial charge in [-0.2, -0.15) is 0 Å². The van der Waals surface area contributed by atoms with Crippen molar-refractivity contribution in [3.63, 3.8) is 0 Å². The minimum Gasteiger partial charge on any atom is -0.490 e. The minimum atomic E-state index is -0.489. The molecule has 0 heterocycles. The zero-order valence-electron chi connectivity index (χ0n) is 10.5. The number of hydrogen-bond donors (Lipinski definition) is 0. The van der Waals surface area contributed by atoms with Crippen LogP contribution in [0.3, 0.4) is 0 Å². The van der Waals surface area contributed by atoms with Crippen LogP contribution in [0.4, 0.5) is 5.69 Å². The number of rotatable bonds is 5. The molecule has 6 nitrogen and oxygen atoms in total. The van der Waals surface area contributed by atoms with Gasteiger partial charge in [0, 0.05) is 6.07 Å². The van der Waals surface area contributed by atoms with Crippen LogP contribution in [0.1, 0.15) is 18.9 Å². The molecule has 18 heavy (non-hydrogen) atoms. The molecular formula is C12H15NO5. The second-order valence-electron chi connectivity index (χ2n) is 3.92. The van der Waals surface area contributed by atoms with E-state index in [1.807, 2.05) is 0 Å². The standard InChI is InChI=1S/C12H15NO5/c1-8-4-5-10(13(15)16)7-11(8)18-9(2)6-12(14)17-3/h4-5,7,9H,6H2,1-3H3. The quantitative estimate of drug-likeness (QED) is 0.456. The van der Waals surface area contributed by atoms with E-state index in [9.17, 15) is 14.9 Å². The number of ether oxygens (including phenoxy) is 2. The van der Waals surface area contributed by atoms with Gasteiger partial charge in [-0.15, -0.1) is 0 Å². The van der Waals surface area contributed by atoms with Crippen molar-refractivity contribution in [2.75, 3.05) is 7.11 Å². The fourth-order valence-electron chi connectivity index (χ4n) is 1.41. The van der Waals surface area contributed by atoms with E-state index in [1.165, 1.54) is 19.2 Å².